The predicted octanol–water partition coefficient (Wildman–Crippen LogP) is 2.20. The zero-order valence-corrected chi connectivity index (χ0v) is 15.1. The minimum absolute atomic E-state index is 0.257. The van der Waals surface area contributed by atoms with Gasteiger partial charge in [-0.25, -0.2) is 4.90 Å². The maximum Gasteiger partial charge on any atom is 0.270 e. The second kappa shape index (κ2) is 6.44. The number of hydrogen-bond acceptors (Lipinski definition) is 6. The van der Waals surface area contributed by atoms with Crippen LogP contribution in [0.3, 0.4) is 0 Å². The van der Waals surface area contributed by atoms with Crippen LogP contribution >= 0.6 is 0 Å². The van der Waals surface area contributed by atoms with Crippen molar-refractivity contribution in [3.63, 3.8) is 0 Å². The van der Waals surface area contributed by atoms with Crippen LogP contribution in [0, 0.1) is 6.92 Å². The highest BCUT2D eigenvalue weighted by Crippen LogP contribution is 2.41. The van der Waals surface area contributed by atoms with E-state index >= 15 is 0 Å². The van der Waals surface area contributed by atoms with Crippen molar-refractivity contribution in [1.82, 2.24) is 5.48 Å². The molecule has 27 heavy (non-hydrogen) atoms. The van der Waals surface area contributed by atoms with Gasteiger partial charge in [-0.3, -0.25) is 19.9 Å². The summed E-state index contributed by atoms with van der Waals surface area (Å²) in [5.74, 6) is 0.121. The highest BCUT2D eigenvalue weighted by Gasteiger charge is 2.51. The third kappa shape index (κ3) is 2.55. The van der Waals surface area contributed by atoms with Gasteiger partial charge in [0.05, 0.1) is 31.2 Å². The molecule has 0 aromatic heterocycles. The van der Waals surface area contributed by atoms with Gasteiger partial charge in [0.15, 0.2) is 17.6 Å². The summed E-state index contributed by atoms with van der Waals surface area (Å²) in [6.45, 7) is 1.94. The predicted molar refractivity (Wildman–Crippen MR) is 98.1 cm³/mol. The SMILES string of the molecule is COc1cccc(C2=C3C(=O)N(c4ccc(C)cc4)C(=O)[C@H]3ON2)c1OC. The molecule has 0 unspecified atom stereocenters. The normalized spacial score (nSPS) is 18.6. The number of ether oxygens (including phenoxy) is 2. The number of methoxy groups -OCH3 is 2. The fourth-order valence-corrected chi connectivity index (χ4v) is 3.32. The van der Waals surface area contributed by atoms with E-state index in [9.17, 15) is 9.59 Å². The number of para-hydroxylation sites is 1. The summed E-state index contributed by atoms with van der Waals surface area (Å²) in [5.41, 5.74) is 5.52. The van der Waals surface area contributed by atoms with Crippen LogP contribution in [-0.2, 0) is 14.4 Å². The highest BCUT2D eigenvalue weighted by molar-refractivity contribution is 6.33. The lowest BCUT2D eigenvalue weighted by Crippen LogP contribution is -2.34. The number of carbonyl (C=O) groups excluding carboxylic acids is 2. The third-order valence-electron chi connectivity index (χ3n) is 4.65. The first-order valence-corrected chi connectivity index (χ1v) is 8.39. The molecule has 2 aliphatic rings. The third-order valence-corrected chi connectivity index (χ3v) is 4.65. The van der Waals surface area contributed by atoms with Gasteiger partial charge in [0.1, 0.15) is 0 Å². The van der Waals surface area contributed by atoms with Crippen LogP contribution in [0.2, 0.25) is 0 Å². The summed E-state index contributed by atoms with van der Waals surface area (Å²) in [5, 5.41) is 0. The maximum atomic E-state index is 13.1. The second-order valence-electron chi connectivity index (χ2n) is 6.24. The Labute approximate surface area is 156 Å². The molecule has 2 aliphatic heterocycles. The molecular formula is C20H18N2O5. The van der Waals surface area contributed by atoms with E-state index in [2.05, 4.69) is 5.48 Å². The van der Waals surface area contributed by atoms with Crippen molar-refractivity contribution >= 4 is 23.2 Å². The van der Waals surface area contributed by atoms with Gasteiger partial charge in [0.25, 0.3) is 11.8 Å². The highest BCUT2D eigenvalue weighted by atomic mass is 16.7. The van der Waals surface area contributed by atoms with Crippen molar-refractivity contribution in [2.24, 2.45) is 0 Å². The Morgan fingerprint density at radius 3 is 2.44 bits per heavy atom. The number of imide groups is 1. The van der Waals surface area contributed by atoms with E-state index in [1.54, 1.807) is 30.3 Å². The Morgan fingerprint density at radius 1 is 1.04 bits per heavy atom. The van der Waals surface area contributed by atoms with E-state index in [-0.39, 0.29) is 5.57 Å². The molecule has 0 aliphatic carbocycles. The second-order valence-corrected chi connectivity index (χ2v) is 6.24. The van der Waals surface area contributed by atoms with Crippen LogP contribution in [0.4, 0.5) is 5.69 Å². The maximum absolute atomic E-state index is 13.1. The van der Waals surface area contributed by atoms with Gasteiger partial charge < -0.3 is 9.47 Å². The van der Waals surface area contributed by atoms with Crippen molar-refractivity contribution < 1.29 is 23.9 Å². The Balaban J connectivity index is 1.83. The molecule has 2 aromatic rings. The lowest BCUT2D eigenvalue weighted by atomic mass is 10.0. The number of rotatable bonds is 4. The van der Waals surface area contributed by atoms with E-state index in [0.29, 0.717) is 28.4 Å². The molecule has 1 fully saturated rings. The van der Waals surface area contributed by atoms with Crippen LogP contribution in [0.5, 0.6) is 11.5 Å². The van der Waals surface area contributed by atoms with Crippen molar-refractivity contribution in [3.8, 4) is 11.5 Å². The Bertz CT molecular complexity index is 965. The number of fused-ring (bicyclic) bond motifs is 1. The van der Waals surface area contributed by atoms with Crippen LogP contribution in [-0.4, -0.2) is 32.1 Å². The number of anilines is 1. The van der Waals surface area contributed by atoms with E-state index < -0.39 is 17.9 Å². The summed E-state index contributed by atoms with van der Waals surface area (Å²) in [7, 11) is 3.05. The minimum atomic E-state index is -0.996. The number of hydroxylamine groups is 1. The van der Waals surface area contributed by atoms with Crippen LogP contribution in [0.1, 0.15) is 11.1 Å². The molecule has 0 saturated carbocycles. The number of aryl methyl sites for hydroxylation is 1. The fraction of sp³-hybridized carbons (Fsp3) is 0.200. The number of amides is 2. The van der Waals surface area contributed by atoms with E-state index in [1.165, 1.54) is 14.2 Å². The first-order chi connectivity index (χ1) is 13.1. The van der Waals surface area contributed by atoms with Crippen molar-refractivity contribution in [3.05, 3.63) is 59.2 Å². The average Bonchev–Trinajstić information content (AvgIpc) is 3.22. The van der Waals surface area contributed by atoms with Crippen molar-refractivity contribution in [1.29, 1.82) is 0 Å². The summed E-state index contributed by atoms with van der Waals surface area (Å²) >= 11 is 0. The summed E-state index contributed by atoms with van der Waals surface area (Å²) < 4.78 is 10.8. The summed E-state index contributed by atoms with van der Waals surface area (Å²) in [4.78, 5) is 32.5. The quantitative estimate of drug-likeness (QED) is 0.836. The van der Waals surface area contributed by atoms with Gasteiger partial charge in [-0.05, 0) is 31.2 Å². The Hall–Kier alpha value is -3.32. The molecule has 7 heteroatoms. The van der Waals surface area contributed by atoms with Crippen molar-refractivity contribution in [2.45, 2.75) is 13.0 Å². The molecule has 0 radical (unpaired) electrons. The molecular weight excluding hydrogens is 348 g/mol. The average molecular weight is 366 g/mol. The van der Waals surface area contributed by atoms with Gasteiger partial charge in [0.2, 0.25) is 0 Å². The zero-order chi connectivity index (χ0) is 19.1. The van der Waals surface area contributed by atoms with E-state index in [4.69, 9.17) is 14.3 Å². The lowest BCUT2D eigenvalue weighted by Gasteiger charge is -2.17. The summed E-state index contributed by atoms with van der Waals surface area (Å²) in [6, 6.07) is 12.5. The van der Waals surface area contributed by atoms with Gasteiger partial charge in [0, 0.05) is 5.56 Å². The molecule has 0 spiro atoms. The topological polar surface area (TPSA) is 77.1 Å². The molecule has 1 saturated heterocycles. The number of nitrogens with zero attached hydrogens (tertiary/aromatic N) is 1. The van der Waals surface area contributed by atoms with Gasteiger partial charge >= 0.3 is 0 Å². The molecule has 2 aromatic carbocycles. The van der Waals surface area contributed by atoms with Gasteiger partial charge in [-0.15, -0.1) is 0 Å². The molecule has 2 amide bonds. The molecule has 138 valence electrons. The minimum Gasteiger partial charge on any atom is -0.493 e. The summed E-state index contributed by atoms with van der Waals surface area (Å²) in [6.07, 6.45) is -0.996. The van der Waals surface area contributed by atoms with Gasteiger partial charge in [-0.1, -0.05) is 23.8 Å². The number of carbonyl (C=O) groups is 2. The monoisotopic (exact) mass is 366 g/mol. The van der Waals surface area contributed by atoms with Crippen molar-refractivity contribution in [2.75, 3.05) is 19.1 Å². The first-order valence-electron chi connectivity index (χ1n) is 8.39. The fourth-order valence-electron chi connectivity index (χ4n) is 3.32. The number of benzene rings is 2. The Morgan fingerprint density at radius 2 is 1.78 bits per heavy atom. The van der Waals surface area contributed by atoms with E-state index in [1.807, 2.05) is 19.1 Å². The number of nitrogens with one attached hydrogen (secondary N) is 1. The van der Waals surface area contributed by atoms with E-state index in [0.717, 1.165) is 10.5 Å². The zero-order valence-electron chi connectivity index (χ0n) is 15.1. The van der Waals surface area contributed by atoms with Crippen LogP contribution in [0.25, 0.3) is 5.70 Å². The standard InChI is InChI=1S/C20H18N2O5/c1-11-7-9-12(10-8-11)22-19(23)15-16(21-27-18(15)20(22)24)13-5-4-6-14(25-2)17(13)26-3/h4-10,18,21H,1-3H3/t18-/m0/s1. The van der Waals surface area contributed by atoms with Crippen LogP contribution < -0.4 is 19.9 Å². The molecule has 1 atom stereocenters. The first kappa shape index (κ1) is 17.1. The molecule has 0 bridgehead atoms. The molecule has 1 N–H and O–H groups in total. The smallest absolute Gasteiger partial charge is 0.270 e. The van der Waals surface area contributed by atoms with Gasteiger partial charge in [-0.2, -0.15) is 0 Å². The molecule has 4 rings (SSSR count). The number of hydrogen-bond donors (Lipinski definition) is 1. The van der Waals surface area contributed by atoms with Crippen LogP contribution in [0.15, 0.2) is 48.0 Å². The molecule has 2 heterocycles. The Kier molecular flexibility index (Phi) is 4.08. The largest absolute Gasteiger partial charge is 0.493 e. The lowest BCUT2D eigenvalue weighted by molar-refractivity contribution is -0.127. The molecule has 7 nitrogen and oxygen atoms in total.